The van der Waals surface area contributed by atoms with Crippen LogP contribution in [0.25, 0.3) is 11.4 Å². The Balaban J connectivity index is 1.49. The molecule has 2 aliphatic heterocycles. The predicted octanol–water partition coefficient (Wildman–Crippen LogP) is 2.97. The number of rotatable bonds is 3. The minimum absolute atomic E-state index is 0.0714. The molecule has 3 heterocycles. The second-order valence-electron chi connectivity index (χ2n) is 5.94. The lowest BCUT2D eigenvalue weighted by atomic mass is 10.2. The number of nitro groups is 1. The number of nitrogens with zero attached hydrogens (tertiary/aromatic N) is 4. The lowest BCUT2D eigenvalue weighted by Crippen LogP contribution is -2.16. The average Bonchev–Trinajstić information content (AvgIpc) is 3.28. The van der Waals surface area contributed by atoms with E-state index in [1.54, 1.807) is 22.9 Å². The van der Waals surface area contributed by atoms with Crippen molar-refractivity contribution in [3.8, 4) is 22.9 Å². The Morgan fingerprint density at radius 1 is 1.15 bits per heavy atom. The first-order chi connectivity index (χ1) is 13.2. The molecule has 27 heavy (non-hydrogen) atoms. The Kier molecular flexibility index (Phi) is 3.64. The highest BCUT2D eigenvalue weighted by Crippen LogP contribution is 2.43. The van der Waals surface area contributed by atoms with E-state index in [0.717, 1.165) is 5.56 Å². The van der Waals surface area contributed by atoms with Gasteiger partial charge in [0.2, 0.25) is 5.16 Å². The van der Waals surface area contributed by atoms with Gasteiger partial charge < -0.3 is 14.9 Å². The first kappa shape index (κ1) is 15.9. The Morgan fingerprint density at radius 3 is 2.81 bits per heavy atom. The molecule has 1 N–H and O–H groups in total. The smallest absolute Gasteiger partial charge is 0.275 e. The molecule has 0 saturated heterocycles. The van der Waals surface area contributed by atoms with Crippen LogP contribution < -0.4 is 14.9 Å². The summed E-state index contributed by atoms with van der Waals surface area (Å²) in [6.07, 6.45) is 0. The third-order valence-corrected chi connectivity index (χ3v) is 5.39. The number of nitro benzene ring substituents is 1. The van der Waals surface area contributed by atoms with Crippen LogP contribution in [0, 0.1) is 10.1 Å². The third kappa shape index (κ3) is 2.65. The molecule has 3 aromatic rings. The number of nitrogens with one attached hydrogen (secondary N) is 1. The maximum Gasteiger partial charge on any atom is 0.275 e. The van der Waals surface area contributed by atoms with Crippen LogP contribution >= 0.6 is 11.8 Å². The highest BCUT2D eigenvalue weighted by atomic mass is 32.2. The normalized spacial score (nSPS) is 17.3. The Bertz CT molecular complexity index is 1050. The first-order valence-corrected chi connectivity index (χ1v) is 9.10. The van der Waals surface area contributed by atoms with Crippen LogP contribution in [0.1, 0.15) is 10.9 Å². The van der Waals surface area contributed by atoms with Crippen LogP contribution in [0.5, 0.6) is 11.5 Å². The summed E-state index contributed by atoms with van der Waals surface area (Å²) < 4.78 is 12.9. The number of fused-ring (bicyclic) bond motifs is 2. The summed E-state index contributed by atoms with van der Waals surface area (Å²) in [6.45, 7) is 1.03. The van der Waals surface area contributed by atoms with E-state index in [-0.39, 0.29) is 16.0 Å². The molecule has 0 bridgehead atoms. The van der Waals surface area contributed by atoms with Gasteiger partial charge in [-0.05, 0) is 24.3 Å². The van der Waals surface area contributed by atoms with Crippen molar-refractivity contribution < 1.29 is 14.4 Å². The van der Waals surface area contributed by atoms with Gasteiger partial charge in [0, 0.05) is 11.6 Å². The molecular weight excluding hydrogens is 370 g/mol. The van der Waals surface area contributed by atoms with Crippen molar-refractivity contribution in [1.82, 2.24) is 14.9 Å². The molecule has 0 amide bonds. The molecule has 0 radical (unpaired) electrons. The van der Waals surface area contributed by atoms with Crippen molar-refractivity contribution in [2.45, 2.75) is 10.5 Å². The summed E-state index contributed by atoms with van der Waals surface area (Å²) in [5.41, 5.74) is 4.73. The first-order valence-electron chi connectivity index (χ1n) is 8.22. The van der Waals surface area contributed by atoms with Crippen molar-refractivity contribution in [2.24, 2.45) is 0 Å². The van der Waals surface area contributed by atoms with Gasteiger partial charge >= 0.3 is 0 Å². The van der Waals surface area contributed by atoms with Crippen molar-refractivity contribution in [2.75, 3.05) is 18.6 Å². The fourth-order valence-corrected chi connectivity index (χ4v) is 4.12. The molecule has 1 aromatic heterocycles. The molecule has 0 spiro atoms. The third-order valence-electron chi connectivity index (χ3n) is 4.32. The van der Waals surface area contributed by atoms with Gasteiger partial charge in [-0.1, -0.05) is 23.9 Å². The Morgan fingerprint density at radius 2 is 1.96 bits per heavy atom. The average molecular weight is 383 g/mol. The summed E-state index contributed by atoms with van der Waals surface area (Å²) in [7, 11) is 0. The molecule has 136 valence electrons. The van der Waals surface area contributed by atoms with Gasteiger partial charge in [-0.3, -0.25) is 10.1 Å². The molecule has 1 unspecified atom stereocenters. The maximum atomic E-state index is 11.3. The molecule has 2 aromatic carbocycles. The van der Waals surface area contributed by atoms with Crippen molar-refractivity contribution >= 4 is 17.4 Å². The standard InChI is InChI=1S/C17H13N5O4S/c23-22(24)12-4-2-1-3-11(12)16-20-21-15(18-19-17(21)27-16)10-5-6-13-14(9-10)26-8-7-25-13/h1-6,9,16,20H,7-8H2. The van der Waals surface area contributed by atoms with Gasteiger partial charge in [0.15, 0.2) is 17.3 Å². The Labute approximate surface area is 157 Å². The van der Waals surface area contributed by atoms with Crippen LogP contribution in [0.2, 0.25) is 0 Å². The Hall–Kier alpha value is -3.27. The topological polar surface area (TPSA) is 104 Å². The minimum Gasteiger partial charge on any atom is -0.486 e. The van der Waals surface area contributed by atoms with E-state index in [1.165, 1.54) is 17.8 Å². The zero-order chi connectivity index (χ0) is 18.4. The van der Waals surface area contributed by atoms with Crippen LogP contribution in [0.15, 0.2) is 47.6 Å². The summed E-state index contributed by atoms with van der Waals surface area (Å²) in [6, 6.07) is 12.3. The molecule has 0 saturated carbocycles. The van der Waals surface area contributed by atoms with Gasteiger partial charge in [-0.25, -0.2) is 4.68 Å². The van der Waals surface area contributed by atoms with Crippen molar-refractivity contribution in [1.29, 1.82) is 0 Å². The number of hydrogen-bond acceptors (Lipinski definition) is 8. The predicted molar refractivity (Wildman–Crippen MR) is 97.5 cm³/mol. The maximum absolute atomic E-state index is 11.3. The van der Waals surface area contributed by atoms with E-state index in [1.807, 2.05) is 18.2 Å². The molecule has 2 aliphatic rings. The molecule has 9 nitrogen and oxygen atoms in total. The zero-order valence-electron chi connectivity index (χ0n) is 13.9. The molecule has 1 atom stereocenters. The molecule has 10 heteroatoms. The van der Waals surface area contributed by atoms with Gasteiger partial charge in [0.05, 0.1) is 10.5 Å². The largest absolute Gasteiger partial charge is 0.486 e. The number of aromatic nitrogens is 3. The highest BCUT2D eigenvalue weighted by Gasteiger charge is 2.32. The molecular formula is C17H13N5O4S. The SMILES string of the molecule is O=[N+]([O-])c1ccccc1C1Nn2c(nnc2-c2ccc3c(c2)OCCO3)S1. The fraction of sp³-hybridized carbons (Fsp3) is 0.176. The van der Waals surface area contributed by atoms with E-state index in [0.29, 0.717) is 41.3 Å². The van der Waals surface area contributed by atoms with Crippen molar-refractivity contribution in [3.05, 3.63) is 58.1 Å². The zero-order valence-corrected chi connectivity index (χ0v) is 14.7. The number of ether oxygens (including phenoxy) is 2. The summed E-state index contributed by atoms with van der Waals surface area (Å²) in [5.74, 6) is 1.97. The summed E-state index contributed by atoms with van der Waals surface area (Å²) >= 11 is 1.38. The number of benzene rings is 2. The second kappa shape index (κ2) is 6.16. The quantitative estimate of drug-likeness (QED) is 0.544. The van der Waals surface area contributed by atoms with Crippen LogP contribution in [0.3, 0.4) is 0 Å². The molecule has 5 rings (SSSR count). The molecule has 0 aliphatic carbocycles. The lowest BCUT2D eigenvalue weighted by Gasteiger charge is -2.19. The van der Waals surface area contributed by atoms with Gasteiger partial charge in [-0.15, -0.1) is 10.2 Å². The van der Waals surface area contributed by atoms with E-state index >= 15 is 0 Å². The van der Waals surface area contributed by atoms with E-state index < -0.39 is 0 Å². The number of thioether (sulfide) groups is 1. The van der Waals surface area contributed by atoms with Crippen molar-refractivity contribution in [3.63, 3.8) is 0 Å². The van der Waals surface area contributed by atoms with Gasteiger partial charge in [0.25, 0.3) is 5.69 Å². The number of hydrogen-bond donors (Lipinski definition) is 1. The fourth-order valence-electron chi connectivity index (χ4n) is 3.09. The van der Waals surface area contributed by atoms with Gasteiger partial charge in [0.1, 0.15) is 18.6 Å². The molecule has 0 fully saturated rings. The summed E-state index contributed by atoms with van der Waals surface area (Å²) in [5, 5.41) is 20.1. The summed E-state index contributed by atoms with van der Waals surface area (Å²) in [4.78, 5) is 10.9. The second-order valence-corrected chi connectivity index (χ2v) is 7.02. The monoisotopic (exact) mass is 383 g/mol. The highest BCUT2D eigenvalue weighted by molar-refractivity contribution is 7.99. The van der Waals surface area contributed by atoms with E-state index in [2.05, 4.69) is 15.6 Å². The number of para-hydroxylation sites is 1. The van der Waals surface area contributed by atoms with E-state index in [4.69, 9.17) is 9.47 Å². The van der Waals surface area contributed by atoms with Gasteiger partial charge in [-0.2, -0.15) is 0 Å². The lowest BCUT2D eigenvalue weighted by molar-refractivity contribution is -0.385. The minimum atomic E-state index is -0.376. The van der Waals surface area contributed by atoms with E-state index in [9.17, 15) is 10.1 Å². The van der Waals surface area contributed by atoms with Crippen LogP contribution in [-0.4, -0.2) is 33.0 Å². The van der Waals surface area contributed by atoms with Crippen LogP contribution in [-0.2, 0) is 0 Å². The van der Waals surface area contributed by atoms with Crippen LogP contribution in [0.4, 0.5) is 5.69 Å².